The number of nitrogens with one attached hydrogen (secondary N) is 2. The van der Waals surface area contributed by atoms with E-state index in [0.717, 1.165) is 18.4 Å². The molecule has 2 atom stereocenters. The predicted molar refractivity (Wildman–Crippen MR) is 129 cm³/mol. The summed E-state index contributed by atoms with van der Waals surface area (Å²) < 4.78 is 33.1. The third-order valence-electron chi connectivity index (χ3n) is 6.36. The molecular weight excluding hydrogens is 454 g/mol. The molecule has 2 saturated heterocycles. The molecular formula is C25H31N3O5S. The number of sulfonamides is 1. The summed E-state index contributed by atoms with van der Waals surface area (Å²) in [6, 6.07) is 13.6. The van der Waals surface area contributed by atoms with Gasteiger partial charge in [0.2, 0.25) is 15.9 Å². The molecule has 2 aliphatic heterocycles. The van der Waals surface area contributed by atoms with Crippen LogP contribution in [0, 0.1) is 12.8 Å². The summed E-state index contributed by atoms with van der Waals surface area (Å²) >= 11 is 0. The topological polar surface area (TPSA) is 105 Å². The van der Waals surface area contributed by atoms with Gasteiger partial charge in [0.1, 0.15) is 0 Å². The standard InChI is InChI=1S/C25H31N3O5S/c1-18-10-12-21(13-11-18)34(31,32)28-14-4-6-19(17-28)24(29)27-23-9-3-2-8-22(23)25(30)26-16-20-7-5-15-33-20/h2-3,8-13,19-20H,4-7,14-17H2,1H3,(H,26,30)(H,27,29). The van der Waals surface area contributed by atoms with Crippen LogP contribution in [-0.2, 0) is 19.6 Å². The van der Waals surface area contributed by atoms with Crippen LogP contribution in [0.15, 0.2) is 53.4 Å². The van der Waals surface area contributed by atoms with Crippen LogP contribution in [0.5, 0.6) is 0 Å². The molecule has 4 rings (SSSR count). The van der Waals surface area contributed by atoms with Gasteiger partial charge in [-0.15, -0.1) is 0 Å². The fourth-order valence-corrected chi connectivity index (χ4v) is 5.89. The molecule has 34 heavy (non-hydrogen) atoms. The molecule has 2 heterocycles. The van der Waals surface area contributed by atoms with Gasteiger partial charge in [-0.25, -0.2) is 8.42 Å². The second kappa shape index (κ2) is 10.7. The van der Waals surface area contributed by atoms with Crippen LogP contribution < -0.4 is 10.6 Å². The molecule has 0 radical (unpaired) electrons. The lowest BCUT2D eigenvalue weighted by Crippen LogP contribution is -2.43. The van der Waals surface area contributed by atoms with Gasteiger partial charge in [0.05, 0.1) is 28.2 Å². The highest BCUT2D eigenvalue weighted by atomic mass is 32.2. The monoisotopic (exact) mass is 485 g/mol. The Balaban J connectivity index is 1.41. The number of ether oxygens (including phenoxy) is 1. The van der Waals surface area contributed by atoms with E-state index in [4.69, 9.17) is 4.74 Å². The van der Waals surface area contributed by atoms with Gasteiger partial charge in [-0.05, 0) is 56.9 Å². The summed E-state index contributed by atoms with van der Waals surface area (Å²) in [4.78, 5) is 26.0. The summed E-state index contributed by atoms with van der Waals surface area (Å²) in [6.07, 6.45) is 3.11. The van der Waals surface area contributed by atoms with Crippen LogP contribution in [-0.4, -0.2) is 56.9 Å². The summed E-state index contributed by atoms with van der Waals surface area (Å²) in [6.45, 7) is 3.52. The molecule has 8 nitrogen and oxygen atoms in total. The van der Waals surface area contributed by atoms with Crippen LogP contribution in [0.1, 0.15) is 41.6 Å². The van der Waals surface area contributed by atoms with Gasteiger partial charge in [-0.3, -0.25) is 9.59 Å². The number of aryl methyl sites for hydroxylation is 1. The van der Waals surface area contributed by atoms with Gasteiger partial charge in [-0.1, -0.05) is 29.8 Å². The molecule has 0 spiro atoms. The van der Waals surface area contributed by atoms with Crippen LogP contribution in [0.3, 0.4) is 0 Å². The highest BCUT2D eigenvalue weighted by Gasteiger charge is 2.33. The third kappa shape index (κ3) is 5.65. The molecule has 2 unspecified atom stereocenters. The van der Waals surface area contributed by atoms with Crippen LogP contribution in [0.25, 0.3) is 0 Å². The third-order valence-corrected chi connectivity index (χ3v) is 8.24. The van der Waals surface area contributed by atoms with Crippen molar-refractivity contribution >= 4 is 27.5 Å². The summed E-state index contributed by atoms with van der Waals surface area (Å²) in [5, 5.41) is 5.74. The maximum absolute atomic E-state index is 13.1. The number of piperidine rings is 1. The molecule has 9 heteroatoms. The van der Waals surface area contributed by atoms with Crippen LogP contribution >= 0.6 is 0 Å². The molecule has 0 bridgehead atoms. The van der Waals surface area contributed by atoms with Crippen molar-refractivity contribution in [1.82, 2.24) is 9.62 Å². The van der Waals surface area contributed by atoms with Crippen molar-refractivity contribution in [2.24, 2.45) is 5.92 Å². The Bertz CT molecular complexity index is 1130. The lowest BCUT2D eigenvalue weighted by Gasteiger charge is -2.31. The molecule has 2 amide bonds. The van der Waals surface area contributed by atoms with Crippen molar-refractivity contribution in [2.75, 3.05) is 31.6 Å². The highest BCUT2D eigenvalue weighted by molar-refractivity contribution is 7.89. The minimum atomic E-state index is -3.68. The van der Waals surface area contributed by atoms with Crippen molar-refractivity contribution in [3.63, 3.8) is 0 Å². The summed E-state index contributed by atoms with van der Waals surface area (Å²) in [5.74, 6) is -1.07. The molecule has 0 aliphatic carbocycles. The Labute approximate surface area is 200 Å². The molecule has 182 valence electrons. The van der Waals surface area contributed by atoms with Gasteiger partial charge >= 0.3 is 0 Å². The average Bonchev–Trinajstić information content (AvgIpc) is 3.37. The number of anilines is 1. The van der Waals surface area contributed by atoms with Crippen LogP contribution in [0.4, 0.5) is 5.69 Å². The molecule has 2 N–H and O–H groups in total. The zero-order valence-electron chi connectivity index (χ0n) is 19.3. The van der Waals surface area contributed by atoms with Gasteiger partial charge in [0.25, 0.3) is 5.91 Å². The van der Waals surface area contributed by atoms with E-state index in [0.29, 0.717) is 43.8 Å². The Hall–Kier alpha value is -2.75. The lowest BCUT2D eigenvalue weighted by atomic mass is 9.98. The second-order valence-corrected chi connectivity index (χ2v) is 10.8. The fraction of sp³-hybridized carbons (Fsp3) is 0.440. The maximum Gasteiger partial charge on any atom is 0.253 e. The first-order chi connectivity index (χ1) is 16.3. The van der Waals surface area contributed by atoms with Gasteiger partial charge in [0, 0.05) is 26.2 Å². The normalized spacial score (nSPS) is 21.2. The molecule has 2 aromatic rings. The van der Waals surface area contributed by atoms with E-state index < -0.39 is 15.9 Å². The first-order valence-corrected chi connectivity index (χ1v) is 13.1. The number of hydrogen-bond donors (Lipinski definition) is 2. The largest absolute Gasteiger partial charge is 0.376 e. The van der Waals surface area contributed by atoms with Crippen molar-refractivity contribution in [3.05, 3.63) is 59.7 Å². The summed E-state index contributed by atoms with van der Waals surface area (Å²) in [5.41, 5.74) is 1.76. The van der Waals surface area contributed by atoms with Gasteiger partial charge in [-0.2, -0.15) is 4.31 Å². The lowest BCUT2D eigenvalue weighted by molar-refractivity contribution is -0.120. The highest BCUT2D eigenvalue weighted by Crippen LogP contribution is 2.26. The number of hydrogen-bond acceptors (Lipinski definition) is 5. The Morgan fingerprint density at radius 1 is 1.06 bits per heavy atom. The quantitative estimate of drug-likeness (QED) is 0.628. The number of carbonyl (C=O) groups excluding carboxylic acids is 2. The first-order valence-electron chi connectivity index (χ1n) is 11.7. The van der Waals surface area contributed by atoms with E-state index in [1.807, 2.05) is 6.92 Å². The average molecular weight is 486 g/mol. The van der Waals surface area contributed by atoms with E-state index in [-0.39, 0.29) is 29.4 Å². The Morgan fingerprint density at radius 3 is 2.56 bits per heavy atom. The van der Waals surface area contributed by atoms with E-state index in [1.54, 1.807) is 48.5 Å². The minimum Gasteiger partial charge on any atom is -0.376 e. The molecule has 2 fully saturated rings. The van der Waals surface area contributed by atoms with E-state index in [2.05, 4.69) is 10.6 Å². The van der Waals surface area contributed by atoms with Crippen molar-refractivity contribution < 1.29 is 22.7 Å². The smallest absolute Gasteiger partial charge is 0.253 e. The number of benzene rings is 2. The maximum atomic E-state index is 13.1. The summed E-state index contributed by atoms with van der Waals surface area (Å²) in [7, 11) is -3.68. The molecule has 2 aliphatic rings. The molecule has 0 aromatic heterocycles. The zero-order chi connectivity index (χ0) is 24.1. The fourth-order valence-electron chi connectivity index (χ4n) is 4.37. The van der Waals surface area contributed by atoms with Crippen molar-refractivity contribution in [3.8, 4) is 0 Å². The predicted octanol–water partition coefficient (Wildman–Crippen LogP) is 2.94. The van der Waals surface area contributed by atoms with E-state index >= 15 is 0 Å². The Kier molecular flexibility index (Phi) is 7.65. The molecule has 2 aromatic carbocycles. The SMILES string of the molecule is Cc1ccc(S(=O)(=O)N2CCCC(C(=O)Nc3ccccc3C(=O)NCC3CCCO3)C2)cc1. The minimum absolute atomic E-state index is 0.0226. The Morgan fingerprint density at radius 2 is 1.82 bits per heavy atom. The number of nitrogens with zero attached hydrogens (tertiary/aromatic N) is 1. The number of amides is 2. The zero-order valence-corrected chi connectivity index (χ0v) is 20.1. The number of carbonyl (C=O) groups is 2. The second-order valence-electron chi connectivity index (χ2n) is 8.90. The van der Waals surface area contributed by atoms with Crippen molar-refractivity contribution in [2.45, 2.75) is 43.6 Å². The first kappa shape index (κ1) is 24.4. The van der Waals surface area contributed by atoms with Crippen LogP contribution in [0.2, 0.25) is 0 Å². The molecule has 0 saturated carbocycles. The van der Waals surface area contributed by atoms with Gasteiger partial charge < -0.3 is 15.4 Å². The van der Waals surface area contributed by atoms with Crippen molar-refractivity contribution in [1.29, 1.82) is 0 Å². The number of rotatable bonds is 7. The van der Waals surface area contributed by atoms with Gasteiger partial charge in [0.15, 0.2) is 0 Å². The van der Waals surface area contributed by atoms with E-state index in [9.17, 15) is 18.0 Å². The van der Waals surface area contributed by atoms with E-state index in [1.165, 1.54) is 4.31 Å². The number of para-hydroxylation sites is 1.